The number of halogens is 2. The average Bonchev–Trinajstić information content (AvgIpc) is 2.80. The van der Waals surface area contributed by atoms with E-state index in [1.807, 2.05) is 0 Å². The number of aromatic nitrogens is 1. The maximum absolute atomic E-state index is 13.3. The van der Waals surface area contributed by atoms with Crippen molar-refractivity contribution in [3.05, 3.63) is 46.9 Å². The van der Waals surface area contributed by atoms with Gasteiger partial charge in [0.1, 0.15) is 10.6 Å². The third kappa shape index (κ3) is 2.76. The van der Waals surface area contributed by atoms with E-state index in [0.717, 1.165) is 16.4 Å². The molecule has 22 heavy (non-hydrogen) atoms. The summed E-state index contributed by atoms with van der Waals surface area (Å²) in [6.07, 6.45) is 0. The Morgan fingerprint density at radius 2 is 1.86 bits per heavy atom. The molecule has 0 aliphatic heterocycles. The van der Waals surface area contributed by atoms with Crippen LogP contribution in [0.2, 0.25) is 0 Å². The Balaban J connectivity index is 2.41. The van der Waals surface area contributed by atoms with Crippen molar-refractivity contribution in [2.24, 2.45) is 0 Å². The molecule has 0 amide bonds. The van der Waals surface area contributed by atoms with Gasteiger partial charge in [0.05, 0.1) is 0 Å². The van der Waals surface area contributed by atoms with Crippen LogP contribution in [-0.4, -0.2) is 24.9 Å². The van der Waals surface area contributed by atoms with E-state index < -0.39 is 27.7 Å². The van der Waals surface area contributed by atoms with Gasteiger partial charge >= 0.3 is 0 Å². The molecule has 0 unspecified atom stereocenters. The van der Waals surface area contributed by atoms with Crippen molar-refractivity contribution in [1.82, 2.24) is 9.46 Å². The maximum Gasteiger partial charge on any atom is 0.248 e. The quantitative estimate of drug-likeness (QED) is 0.864. The lowest BCUT2D eigenvalue weighted by Gasteiger charge is -2.24. The number of benzene rings is 1. The largest absolute Gasteiger partial charge is 0.360 e. The minimum Gasteiger partial charge on any atom is -0.360 e. The summed E-state index contributed by atoms with van der Waals surface area (Å²) in [6.45, 7) is 4.62. The number of hydrogen-bond donors (Lipinski definition) is 0. The van der Waals surface area contributed by atoms with Gasteiger partial charge < -0.3 is 4.52 Å². The molecular formula is C14H16F2N2O3S. The molecule has 0 N–H and O–H groups in total. The van der Waals surface area contributed by atoms with Crippen molar-refractivity contribution in [3.63, 3.8) is 0 Å². The highest BCUT2D eigenvalue weighted by Gasteiger charge is 2.32. The van der Waals surface area contributed by atoms with E-state index in [4.69, 9.17) is 4.52 Å². The van der Waals surface area contributed by atoms with E-state index in [1.54, 1.807) is 6.92 Å². The molecule has 0 radical (unpaired) electrons. The Bertz CT molecular complexity index is 783. The summed E-state index contributed by atoms with van der Waals surface area (Å²) in [4.78, 5) is -0.00978. The third-order valence-corrected chi connectivity index (χ3v) is 5.75. The fourth-order valence-electron chi connectivity index (χ4n) is 2.18. The summed E-state index contributed by atoms with van der Waals surface area (Å²) in [7, 11) is -2.50. The molecule has 0 fully saturated rings. The molecule has 0 aliphatic rings. The van der Waals surface area contributed by atoms with Gasteiger partial charge in [-0.15, -0.1) is 0 Å². The van der Waals surface area contributed by atoms with Gasteiger partial charge in [0.25, 0.3) is 0 Å². The molecule has 1 atom stereocenters. The molecule has 8 heteroatoms. The van der Waals surface area contributed by atoms with Crippen molar-refractivity contribution in [2.45, 2.75) is 31.7 Å². The third-order valence-electron chi connectivity index (χ3n) is 3.58. The van der Waals surface area contributed by atoms with Crippen LogP contribution in [0, 0.1) is 25.5 Å². The lowest BCUT2D eigenvalue weighted by atomic mass is 10.1. The molecule has 120 valence electrons. The first-order chi connectivity index (χ1) is 10.2. The zero-order valence-electron chi connectivity index (χ0n) is 12.6. The van der Waals surface area contributed by atoms with Crippen LogP contribution in [-0.2, 0) is 10.0 Å². The van der Waals surface area contributed by atoms with E-state index in [-0.39, 0.29) is 16.3 Å². The highest BCUT2D eigenvalue weighted by Crippen LogP contribution is 2.29. The summed E-state index contributed by atoms with van der Waals surface area (Å²) >= 11 is 0. The maximum atomic E-state index is 13.3. The highest BCUT2D eigenvalue weighted by molar-refractivity contribution is 7.89. The normalized spacial score (nSPS) is 13.6. The average molecular weight is 330 g/mol. The standard InChI is InChI=1S/C14H16F2N2O3S/c1-8-14(10(3)21-17-8)22(19,20)18(4)9(2)11-5-6-12(15)13(16)7-11/h5-7,9H,1-4H3/t9-/m1/s1. The molecule has 0 spiro atoms. The minimum atomic E-state index is -3.87. The summed E-state index contributed by atoms with van der Waals surface area (Å²) in [5, 5.41) is 3.63. The van der Waals surface area contributed by atoms with Crippen LogP contribution >= 0.6 is 0 Å². The topological polar surface area (TPSA) is 63.4 Å². The molecular weight excluding hydrogens is 314 g/mol. The Labute approximate surface area is 127 Å². The second-order valence-electron chi connectivity index (χ2n) is 5.02. The Morgan fingerprint density at radius 3 is 2.36 bits per heavy atom. The Kier molecular flexibility index (Phi) is 4.35. The molecule has 5 nitrogen and oxygen atoms in total. The Hall–Kier alpha value is -1.80. The molecule has 0 aliphatic carbocycles. The van der Waals surface area contributed by atoms with Crippen LogP contribution in [0.1, 0.15) is 30.0 Å². The van der Waals surface area contributed by atoms with Gasteiger partial charge in [0.15, 0.2) is 17.4 Å². The molecule has 2 rings (SSSR count). The van der Waals surface area contributed by atoms with E-state index in [0.29, 0.717) is 5.56 Å². The predicted octanol–water partition coefficient (Wildman–Crippen LogP) is 2.95. The summed E-state index contributed by atoms with van der Waals surface area (Å²) < 4.78 is 57.6. The summed E-state index contributed by atoms with van der Waals surface area (Å²) in [6, 6.07) is 2.62. The first-order valence-corrected chi connectivity index (χ1v) is 7.96. The zero-order valence-corrected chi connectivity index (χ0v) is 13.4. The van der Waals surface area contributed by atoms with Gasteiger partial charge in [-0.3, -0.25) is 0 Å². The second kappa shape index (κ2) is 5.77. The van der Waals surface area contributed by atoms with Crippen LogP contribution < -0.4 is 0 Å². The predicted molar refractivity (Wildman–Crippen MR) is 75.7 cm³/mol. The van der Waals surface area contributed by atoms with E-state index in [9.17, 15) is 17.2 Å². The molecule has 0 bridgehead atoms. The van der Waals surface area contributed by atoms with Gasteiger partial charge in [-0.05, 0) is 38.5 Å². The molecule has 0 saturated carbocycles. The zero-order chi connectivity index (χ0) is 16.7. The fraction of sp³-hybridized carbons (Fsp3) is 0.357. The van der Waals surface area contributed by atoms with Crippen LogP contribution in [0.25, 0.3) is 0 Å². The minimum absolute atomic E-state index is 0.00978. The molecule has 1 aromatic heterocycles. The number of hydrogen-bond acceptors (Lipinski definition) is 4. The monoisotopic (exact) mass is 330 g/mol. The Morgan fingerprint density at radius 1 is 1.23 bits per heavy atom. The molecule has 2 aromatic rings. The van der Waals surface area contributed by atoms with Crippen LogP contribution in [0.15, 0.2) is 27.6 Å². The van der Waals surface area contributed by atoms with Crippen molar-refractivity contribution in [3.8, 4) is 0 Å². The number of rotatable bonds is 4. The van der Waals surface area contributed by atoms with E-state index >= 15 is 0 Å². The first kappa shape index (κ1) is 16.6. The van der Waals surface area contributed by atoms with Crippen LogP contribution in [0.3, 0.4) is 0 Å². The van der Waals surface area contributed by atoms with Crippen molar-refractivity contribution in [2.75, 3.05) is 7.05 Å². The lowest BCUT2D eigenvalue weighted by Crippen LogP contribution is -2.30. The van der Waals surface area contributed by atoms with Gasteiger partial charge in [0.2, 0.25) is 10.0 Å². The number of sulfonamides is 1. The number of nitrogens with zero attached hydrogens (tertiary/aromatic N) is 2. The molecule has 0 saturated heterocycles. The van der Waals surface area contributed by atoms with Crippen LogP contribution in [0.5, 0.6) is 0 Å². The fourth-order valence-corrected chi connectivity index (χ4v) is 3.81. The first-order valence-electron chi connectivity index (χ1n) is 6.52. The molecule has 1 heterocycles. The van der Waals surface area contributed by atoms with Crippen molar-refractivity contribution in [1.29, 1.82) is 0 Å². The summed E-state index contributed by atoms with van der Waals surface area (Å²) in [5.41, 5.74) is 0.596. The smallest absolute Gasteiger partial charge is 0.248 e. The SMILES string of the molecule is Cc1noc(C)c1S(=O)(=O)N(C)[C@H](C)c1ccc(F)c(F)c1. The van der Waals surface area contributed by atoms with Gasteiger partial charge in [-0.25, -0.2) is 17.2 Å². The van der Waals surface area contributed by atoms with Crippen molar-refractivity contribution < 1.29 is 21.7 Å². The van der Waals surface area contributed by atoms with E-state index in [2.05, 4.69) is 5.16 Å². The molecule has 1 aromatic carbocycles. The van der Waals surface area contributed by atoms with E-state index in [1.165, 1.54) is 27.0 Å². The number of aryl methyl sites for hydroxylation is 2. The highest BCUT2D eigenvalue weighted by atomic mass is 32.2. The second-order valence-corrected chi connectivity index (χ2v) is 6.96. The van der Waals surface area contributed by atoms with Crippen LogP contribution in [0.4, 0.5) is 8.78 Å². The summed E-state index contributed by atoms with van der Waals surface area (Å²) in [5.74, 6) is -1.82. The van der Waals surface area contributed by atoms with Gasteiger partial charge in [-0.2, -0.15) is 4.31 Å². The van der Waals surface area contributed by atoms with Crippen molar-refractivity contribution >= 4 is 10.0 Å². The van der Waals surface area contributed by atoms with Gasteiger partial charge in [0, 0.05) is 13.1 Å². The van der Waals surface area contributed by atoms with Gasteiger partial charge in [-0.1, -0.05) is 11.2 Å². The lowest BCUT2D eigenvalue weighted by molar-refractivity contribution is 0.383.